The van der Waals surface area contributed by atoms with Crippen molar-refractivity contribution in [3.8, 4) is 0 Å². The van der Waals surface area contributed by atoms with Gasteiger partial charge in [0.05, 0.1) is 10.6 Å². The van der Waals surface area contributed by atoms with E-state index in [2.05, 4.69) is 20.6 Å². The average molecular weight is 332 g/mol. The van der Waals surface area contributed by atoms with Crippen LogP contribution < -0.4 is 5.32 Å². The molecule has 1 N–H and O–H groups in total. The lowest BCUT2D eigenvalue weighted by Gasteiger charge is -2.04. The van der Waals surface area contributed by atoms with Crippen LogP contribution in [-0.2, 0) is 13.0 Å². The highest BCUT2D eigenvalue weighted by Crippen LogP contribution is 2.14. The Balaban J connectivity index is 1.50. The molecule has 3 aromatic rings. The Morgan fingerprint density at radius 1 is 1.30 bits per heavy atom. The summed E-state index contributed by atoms with van der Waals surface area (Å²) in [6.45, 7) is 0.829. The van der Waals surface area contributed by atoms with Gasteiger partial charge in [-0.2, -0.15) is 10.1 Å². The molecule has 8 heteroatoms. The van der Waals surface area contributed by atoms with E-state index in [0.29, 0.717) is 41.8 Å². The third-order valence-corrected chi connectivity index (χ3v) is 3.45. The number of benzene rings is 1. The Kier molecular flexibility index (Phi) is 4.68. The number of aromatic nitrogens is 4. The summed E-state index contributed by atoms with van der Waals surface area (Å²) in [5.74, 6) is 0.777. The number of halogens is 1. The Hall–Kier alpha value is -2.67. The van der Waals surface area contributed by atoms with Crippen molar-refractivity contribution in [3.63, 3.8) is 0 Å². The summed E-state index contributed by atoms with van der Waals surface area (Å²) in [6.07, 6.45) is 3.95. The molecular weight excluding hydrogens is 318 g/mol. The molecule has 7 nitrogen and oxygen atoms in total. The largest absolute Gasteiger partial charge is 0.351 e. The lowest BCUT2D eigenvalue weighted by Crippen LogP contribution is -2.26. The molecule has 1 amide bonds. The molecular formula is C15H14ClN5O2. The van der Waals surface area contributed by atoms with Crippen LogP contribution in [0.25, 0.3) is 0 Å². The highest BCUT2D eigenvalue weighted by atomic mass is 35.5. The number of nitrogens with one attached hydrogen (secondary N) is 1. The minimum Gasteiger partial charge on any atom is -0.351 e. The lowest BCUT2D eigenvalue weighted by molar-refractivity contribution is 0.0953. The molecule has 0 aliphatic heterocycles. The van der Waals surface area contributed by atoms with E-state index in [1.54, 1.807) is 35.1 Å². The summed E-state index contributed by atoms with van der Waals surface area (Å²) >= 11 is 5.98. The predicted octanol–water partition coefficient (Wildman–Crippen LogP) is 1.94. The van der Waals surface area contributed by atoms with Crippen molar-refractivity contribution >= 4 is 17.5 Å². The molecule has 0 fully saturated rings. The average Bonchev–Trinajstić information content (AvgIpc) is 3.20. The normalized spacial score (nSPS) is 10.7. The first kappa shape index (κ1) is 15.2. The molecule has 0 saturated carbocycles. The predicted molar refractivity (Wildman–Crippen MR) is 83.1 cm³/mol. The van der Waals surface area contributed by atoms with E-state index < -0.39 is 0 Å². The molecule has 0 saturated heterocycles. The van der Waals surface area contributed by atoms with E-state index in [0.717, 1.165) is 0 Å². The van der Waals surface area contributed by atoms with Gasteiger partial charge in [0.15, 0.2) is 5.82 Å². The second-order valence-electron chi connectivity index (χ2n) is 4.79. The maximum Gasteiger partial charge on any atom is 0.252 e. The van der Waals surface area contributed by atoms with Crippen molar-refractivity contribution < 1.29 is 9.32 Å². The third-order valence-electron chi connectivity index (χ3n) is 3.12. The van der Waals surface area contributed by atoms with Gasteiger partial charge in [-0.1, -0.05) is 28.9 Å². The fraction of sp³-hybridized carbons (Fsp3) is 0.200. The topological polar surface area (TPSA) is 85.8 Å². The monoisotopic (exact) mass is 331 g/mol. The molecule has 0 aliphatic carbocycles. The zero-order valence-electron chi connectivity index (χ0n) is 12.1. The van der Waals surface area contributed by atoms with Gasteiger partial charge in [-0.25, -0.2) is 0 Å². The van der Waals surface area contributed by atoms with Crippen molar-refractivity contribution in [3.05, 3.63) is 65.0 Å². The lowest BCUT2D eigenvalue weighted by atomic mass is 10.2. The first-order chi connectivity index (χ1) is 11.2. The maximum atomic E-state index is 12.0. The van der Waals surface area contributed by atoms with Crippen LogP contribution in [-0.4, -0.2) is 32.4 Å². The summed E-state index contributed by atoms with van der Waals surface area (Å²) in [7, 11) is 0. The molecule has 2 aromatic heterocycles. The molecule has 118 valence electrons. The molecule has 0 bridgehead atoms. The number of nitrogens with zero attached hydrogens (tertiary/aromatic N) is 4. The number of hydrogen-bond donors (Lipinski definition) is 1. The Morgan fingerprint density at radius 3 is 2.96 bits per heavy atom. The second kappa shape index (κ2) is 7.06. The Bertz CT molecular complexity index is 785. The van der Waals surface area contributed by atoms with Gasteiger partial charge in [0.25, 0.3) is 5.91 Å². The Morgan fingerprint density at radius 2 is 2.17 bits per heavy atom. The van der Waals surface area contributed by atoms with Gasteiger partial charge >= 0.3 is 0 Å². The van der Waals surface area contributed by atoms with Crippen LogP contribution in [0, 0.1) is 0 Å². The van der Waals surface area contributed by atoms with Crippen LogP contribution in [0.1, 0.15) is 22.1 Å². The zero-order chi connectivity index (χ0) is 16.1. The van der Waals surface area contributed by atoms with Gasteiger partial charge in [-0.05, 0) is 18.2 Å². The van der Waals surface area contributed by atoms with E-state index in [1.165, 1.54) is 0 Å². The van der Waals surface area contributed by atoms with Crippen LogP contribution in [0.5, 0.6) is 0 Å². The van der Waals surface area contributed by atoms with Crippen molar-refractivity contribution in [1.29, 1.82) is 0 Å². The SMILES string of the molecule is O=C(NCCc1nc(Cn2cccn2)no1)c1ccccc1Cl. The highest BCUT2D eigenvalue weighted by Gasteiger charge is 2.11. The van der Waals surface area contributed by atoms with Gasteiger partial charge in [0.1, 0.15) is 6.54 Å². The fourth-order valence-electron chi connectivity index (χ4n) is 2.02. The van der Waals surface area contributed by atoms with Crippen LogP contribution in [0.15, 0.2) is 47.2 Å². The van der Waals surface area contributed by atoms with Crippen LogP contribution in [0.3, 0.4) is 0 Å². The third kappa shape index (κ3) is 3.95. The van der Waals surface area contributed by atoms with Crippen LogP contribution in [0.2, 0.25) is 5.02 Å². The number of carbonyl (C=O) groups excluding carboxylic acids is 1. The minimum atomic E-state index is -0.230. The summed E-state index contributed by atoms with van der Waals surface area (Å²) in [5.41, 5.74) is 0.444. The molecule has 0 aliphatic rings. The number of carbonyl (C=O) groups is 1. The molecule has 0 spiro atoms. The molecule has 0 radical (unpaired) electrons. The zero-order valence-corrected chi connectivity index (χ0v) is 12.9. The van der Waals surface area contributed by atoms with Crippen LogP contribution in [0.4, 0.5) is 0 Å². The quantitative estimate of drug-likeness (QED) is 0.746. The van der Waals surface area contributed by atoms with Crippen molar-refractivity contribution in [2.24, 2.45) is 0 Å². The molecule has 0 atom stereocenters. The Labute approximate surface area is 137 Å². The molecule has 3 rings (SSSR count). The van der Waals surface area contributed by atoms with E-state index in [-0.39, 0.29) is 5.91 Å². The smallest absolute Gasteiger partial charge is 0.252 e. The van der Waals surface area contributed by atoms with Gasteiger partial charge in [-0.15, -0.1) is 0 Å². The van der Waals surface area contributed by atoms with E-state index in [4.69, 9.17) is 16.1 Å². The van der Waals surface area contributed by atoms with Gasteiger partial charge in [-0.3, -0.25) is 9.48 Å². The first-order valence-corrected chi connectivity index (χ1v) is 7.42. The summed E-state index contributed by atoms with van der Waals surface area (Å²) in [4.78, 5) is 16.3. The summed E-state index contributed by atoms with van der Waals surface area (Å²) < 4.78 is 6.85. The molecule has 0 unspecified atom stereocenters. The minimum absolute atomic E-state index is 0.230. The number of amides is 1. The van der Waals surface area contributed by atoms with Crippen LogP contribution >= 0.6 is 11.6 Å². The van der Waals surface area contributed by atoms with Crippen molar-refractivity contribution in [2.75, 3.05) is 6.54 Å². The molecule has 2 heterocycles. The van der Waals surface area contributed by atoms with Gasteiger partial charge in [0.2, 0.25) is 5.89 Å². The summed E-state index contributed by atoms with van der Waals surface area (Å²) in [5, 5.41) is 11.1. The van der Waals surface area contributed by atoms with Crippen molar-refractivity contribution in [2.45, 2.75) is 13.0 Å². The highest BCUT2D eigenvalue weighted by molar-refractivity contribution is 6.33. The fourth-order valence-corrected chi connectivity index (χ4v) is 2.24. The van der Waals surface area contributed by atoms with Crippen molar-refractivity contribution in [1.82, 2.24) is 25.2 Å². The standard InChI is InChI=1S/C15H14ClN5O2/c16-12-5-2-1-4-11(12)15(22)17-8-6-14-19-13(20-23-14)10-21-9-3-7-18-21/h1-5,7,9H,6,8,10H2,(H,17,22). The summed E-state index contributed by atoms with van der Waals surface area (Å²) in [6, 6.07) is 8.72. The van der Waals surface area contributed by atoms with Gasteiger partial charge < -0.3 is 9.84 Å². The molecule has 23 heavy (non-hydrogen) atoms. The second-order valence-corrected chi connectivity index (χ2v) is 5.20. The number of hydrogen-bond acceptors (Lipinski definition) is 5. The first-order valence-electron chi connectivity index (χ1n) is 7.04. The van der Waals surface area contributed by atoms with E-state index in [1.807, 2.05) is 12.3 Å². The van der Waals surface area contributed by atoms with E-state index in [9.17, 15) is 4.79 Å². The number of rotatable bonds is 6. The van der Waals surface area contributed by atoms with E-state index >= 15 is 0 Å². The van der Waals surface area contributed by atoms with Gasteiger partial charge in [0, 0.05) is 25.4 Å². The maximum absolute atomic E-state index is 12.0. The molecule has 1 aromatic carbocycles.